The van der Waals surface area contributed by atoms with E-state index in [-0.39, 0.29) is 5.91 Å². The minimum Gasteiger partial charge on any atom is -0.353 e. The van der Waals surface area contributed by atoms with Crippen molar-refractivity contribution in [3.05, 3.63) is 12.2 Å². The van der Waals surface area contributed by atoms with E-state index >= 15 is 0 Å². The van der Waals surface area contributed by atoms with Crippen LogP contribution >= 0.6 is 0 Å². The first-order valence-electron chi connectivity index (χ1n) is 10.2. The fourth-order valence-electron chi connectivity index (χ4n) is 2.92. The molecule has 0 atom stereocenters. The highest BCUT2D eigenvalue weighted by Gasteiger charge is 1.96. The third-order valence-electron chi connectivity index (χ3n) is 4.40. The molecule has 3 heteroatoms. The zero-order valence-electron chi connectivity index (χ0n) is 16.6. The van der Waals surface area contributed by atoms with Crippen LogP contribution in [0.5, 0.6) is 0 Å². The van der Waals surface area contributed by atoms with E-state index in [9.17, 15) is 4.79 Å². The van der Waals surface area contributed by atoms with Crippen molar-refractivity contribution in [1.82, 2.24) is 10.2 Å². The Balaban J connectivity index is 3.06. The maximum atomic E-state index is 11.2. The molecular formula is C21H42N2O. The van der Waals surface area contributed by atoms with Gasteiger partial charge in [-0.05, 0) is 46.5 Å². The van der Waals surface area contributed by atoms with Crippen LogP contribution in [0, 0.1) is 0 Å². The lowest BCUT2D eigenvalue weighted by Crippen LogP contribution is -2.21. The third-order valence-corrected chi connectivity index (χ3v) is 4.40. The molecule has 0 aromatic heterocycles. The van der Waals surface area contributed by atoms with Crippen LogP contribution in [0.15, 0.2) is 12.2 Å². The molecule has 0 aromatic rings. The SMILES string of the molecule is CC=CC(=O)NCCCCCCCCCCCCCCCN(C)C. The van der Waals surface area contributed by atoms with Crippen LogP contribution in [-0.2, 0) is 4.79 Å². The van der Waals surface area contributed by atoms with Crippen molar-refractivity contribution in [2.75, 3.05) is 27.2 Å². The summed E-state index contributed by atoms with van der Waals surface area (Å²) in [6.45, 7) is 3.92. The Kier molecular flexibility index (Phi) is 17.9. The summed E-state index contributed by atoms with van der Waals surface area (Å²) in [7, 11) is 4.31. The second-order valence-electron chi connectivity index (χ2n) is 7.19. The average molecular weight is 339 g/mol. The molecule has 0 aliphatic heterocycles. The zero-order chi connectivity index (χ0) is 17.9. The number of rotatable bonds is 17. The van der Waals surface area contributed by atoms with Crippen LogP contribution in [0.2, 0.25) is 0 Å². The smallest absolute Gasteiger partial charge is 0.243 e. The van der Waals surface area contributed by atoms with Gasteiger partial charge in [-0.3, -0.25) is 4.79 Å². The Morgan fingerprint density at radius 1 is 0.750 bits per heavy atom. The monoisotopic (exact) mass is 338 g/mol. The van der Waals surface area contributed by atoms with E-state index in [1.807, 2.05) is 6.92 Å². The minimum absolute atomic E-state index is 0.0372. The van der Waals surface area contributed by atoms with Gasteiger partial charge in [0.25, 0.3) is 0 Å². The number of hydrogen-bond acceptors (Lipinski definition) is 2. The van der Waals surface area contributed by atoms with Crippen LogP contribution in [-0.4, -0.2) is 38.0 Å². The minimum atomic E-state index is 0.0372. The second kappa shape index (κ2) is 18.5. The number of hydrogen-bond donors (Lipinski definition) is 1. The highest BCUT2D eigenvalue weighted by Crippen LogP contribution is 2.12. The number of allylic oxidation sites excluding steroid dienone is 1. The van der Waals surface area contributed by atoms with Gasteiger partial charge in [0.15, 0.2) is 0 Å². The molecular weight excluding hydrogens is 296 g/mol. The molecule has 0 aromatic carbocycles. The molecule has 142 valence electrons. The lowest BCUT2D eigenvalue weighted by atomic mass is 10.0. The molecule has 0 aliphatic rings. The van der Waals surface area contributed by atoms with E-state index in [2.05, 4.69) is 24.3 Å². The summed E-state index contributed by atoms with van der Waals surface area (Å²) >= 11 is 0. The van der Waals surface area contributed by atoms with Gasteiger partial charge in [0, 0.05) is 6.54 Å². The molecule has 0 fully saturated rings. The molecule has 0 bridgehead atoms. The molecule has 0 saturated heterocycles. The van der Waals surface area contributed by atoms with E-state index in [0.717, 1.165) is 13.0 Å². The maximum Gasteiger partial charge on any atom is 0.243 e. The standard InChI is InChI=1S/C21H42N2O/c1-4-18-21(24)22-19-16-14-12-10-8-6-5-7-9-11-13-15-17-20-23(2)3/h4,18H,5-17,19-20H2,1-3H3,(H,22,24). The molecule has 0 spiro atoms. The number of carbonyl (C=O) groups is 1. The van der Waals surface area contributed by atoms with Crippen molar-refractivity contribution < 1.29 is 4.79 Å². The van der Waals surface area contributed by atoms with Crippen LogP contribution < -0.4 is 5.32 Å². The summed E-state index contributed by atoms with van der Waals surface area (Å²) in [4.78, 5) is 13.5. The van der Waals surface area contributed by atoms with Crippen molar-refractivity contribution >= 4 is 5.91 Å². The molecule has 0 heterocycles. The first-order chi connectivity index (χ1) is 11.7. The predicted octanol–water partition coefficient (Wildman–Crippen LogP) is 5.31. The summed E-state index contributed by atoms with van der Waals surface area (Å²) in [5.74, 6) is 0.0372. The van der Waals surface area contributed by atoms with Gasteiger partial charge in [-0.2, -0.15) is 0 Å². The first-order valence-corrected chi connectivity index (χ1v) is 10.2. The van der Waals surface area contributed by atoms with Gasteiger partial charge in [-0.15, -0.1) is 0 Å². The van der Waals surface area contributed by atoms with Crippen molar-refractivity contribution in [1.29, 1.82) is 0 Å². The van der Waals surface area contributed by atoms with E-state index in [4.69, 9.17) is 0 Å². The largest absolute Gasteiger partial charge is 0.353 e. The fourth-order valence-corrected chi connectivity index (χ4v) is 2.92. The number of carbonyl (C=O) groups excluding carboxylic acids is 1. The molecule has 3 nitrogen and oxygen atoms in total. The van der Waals surface area contributed by atoms with Crippen LogP contribution in [0.1, 0.15) is 90.4 Å². The highest BCUT2D eigenvalue weighted by molar-refractivity contribution is 5.87. The van der Waals surface area contributed by atoms with E-state index in [0.29, 0.717) is 0 Å². The normalized spacial score (nSPS) is 11.5. The first kappa shape index (κ1) is 23.2. The van der Waals surface area contributed by atoms with Crippen molar-refractivity contribution in [2.45, 2.75) is 90.4 Å². The van der Waals surface area contributed by atoms with Crippen LogP contribution in [0.25, 0.3) is 0 Å². The maximum absolute atomic E-state index is 11.2. The number of amides is 1. The number of unbranched alkanes of at least 4 members (excludes halogenated alkanes) is 12. The highest BCUT2D eigenvalue weighted by atomic mass is 16.1. The predicted molar refractivity (Wildman–Crippen MR) is 106 cm³/mol. The number of nitrogens with one attached hydrogen (secondary N) is 1. The summed E-state index contributed by atoms with van der Waals surface area (Å²) in [6.07, 6.45) is 21.0. The average Bonchev–Trinajstić information content (AvgIpc) is 2.54. The van der Waals surface area contributed by atoms with Gasteiger partial charge in [0.05, 0.1) is 0 Å². The van der Waals surface area contributed by atoms with Crippen molar-refractivity contribution in [3.8, 4) is 0 Å². The summed E-state index contributed by atoms with van der Waals surface area (Å²) < 4.78 is 0. The topological polar surface area (TPSA) is 32.3 Å². The van der Waals surface area contributed by atoms with Gasteiger partial charge in [0.1, 0.15) is 0 Å². The van der Waals surface area contributed by atoms with Crippen LogP contribution in [0.4, 0.5) is 0 Å². The quantitative estimate of drug-likeness (QED) is 0.288. The number of nitrogens with zero attached hydrogens (tertiary/aromatic N) is 1. The van der Waals surface area contributed by atoms with Crippen LogP contribution in [0.3, 0.4) is 0 Å². The zero-order valence-corrected chi connectivity index (χ0v) is 16.6. The van der Waals surface area contributed by atoms with Gasteiger partial charge in [-0.25, -0.2) is 0 Å². The van der Waals surface area contributed by atoms with Gasteiger partial charge < -0.3 is 10.2 Å². The van der Waals surface area contributed by atoms with Gasteiger partial charge in [-0.1, -0.05) is 76.7 Å². The Labute approximate surface area is 151 Å². The summed E-state index contributed by atoms with van der Waals surface area (Å²) in [6, 6.07) is 0. The van der Waals surface area contributed by atoms with E-state index in [1.165, 1.54) is 83.6 Å². The lowest BCUT2D eigenvalue weighted by molar-refractivity contribution is -0.116. The Morgan fingerprint density at radius 2 is 1.17 bits per heavy atom. The molecule has 0 rings (SSSR count). The molecule has 0 unspecified atom stereocenters. The third kappa shape index (κ3) is 19.2. The Bertz CT molecular complexity index is 300. The molecule has 0 saturated carbocycles. The van der Waals surface area contributed by atoms with Crippen molar-refractivity contribution in [2.24, 2.45) is 0 Å². The molecule has 1 N–H and O–H groups in total. The molecule has 0 aliphatic carbocycles. The molecule has 24 heavy (non-hydrogen) atoms. The summed E-state index contributed by atoms with van der Waals surface area (Å²) in [5, 5.41) is 2.90. The lowest BCUT2D eigenvalue weighted by Gasteiger charge is -2.08. The van der Waals surface area contributed by atoms with Gasteiger partial charge in [0.2, 0.25) is 5.91 Å². The van der Waals surface area contributed by atoms with E-state index < -0.39 is 0 Å². The summed E-state index contributed by atoms with van der Waals surface area (Å²) in [5.41, 5.74) is 0. The second-order valence-corrected chi connectivity index (χ2v) is 7.19. The molecule has 0 radical (unpaired) electrons. The Morgan fingerprint density at radius 3 is 1.58 bits per heavy atom. The molecule has 1 amide bonds. The fraction of sp³-hybridized carbons (Fsp3) is 0.857. The Hall–Kier alpha value is -0.830. The van der Waals surface area contributed by atoms with Crippen molar-refractivity contribution in [3.63, 3.8) is 0 Å². The van der Waals surface area contributed by atoms with E-state index in [1.54, 1.807) is 12.2 Å². The van der Waals surface area contributed by atoms with Gasteiger partial charge >= 0.3 is 0 Å².